The summed E-state index contributed by atoms with van der Waals surface area (Å²) < 4.78 is 5.71. The highest BCUT2D eigenvalue weighted by Gasteiger charge is 2.12. The first-order valence-corrected chi connectivity index (χ1v) is 5.58. The zero-order chi connectivity index (χ0) is 12.2. The Balaban J connectivity index is 2.68. The summed E-state index contributed by atoms with van der Waals surface area (Å²) in [5.74, 6) is 0.840. The van der Waals surface area contributed by atoms with Gasteiger partial charge in [-0.25, -0.2) is 0 Å². The molecule has 0 aliphatic carbocycles. The van der Waals surface area contributed by atoms with Crippen LogP contribution < -0.4 is 10.5 Å². The zero-order valence-electron chi connectivity index (χ0n) is 10.2. The lowest BCUT2D eigenvalue weighted by Gasteiger charge is -2.21. The second-order valence-corrected chi connectivity index (χ2v) is 4.90. The molecule has 0 radical (unpaired) electrons. The summed E-state index contributed by atoms with van der Waals surface area (Å²) >= 11 is 0. The van der Waals surface area contributed by atoms with E-state index in [1.54, 1.807) is 0 Å². The Morgan fingerprint density at radius 2 is 1.81 bits per heavy atom. The lowest BCUT2D eigenvalue weighted by molar-refractivity contribution is 0.131. The number of hydrogen-bond acceptors (Lipinski definition) is 3. The van der Waals surface area contributed by atoms with Crippen molar-refractivity contribution in [1.82, 2.24) is 0 Å². The molecule has 0 heterocycles. The first-order valence-electron chi connectivity index (χ1n) is 5.58. The molecule has 0 bridgehead atoms. The molecule has 90 valence electrons. The van der Waals surface area contributed by atoms with Crippen LogP contribution in [0.4, 0.5) is 0 Å². The summed E-state index contributed by atoms with van der Waals surface area (Å²) in [6, 6.07) is 7.62. The second-order valence-electron chi connectivity index (χ2n) is 4.90. The number of aliphatic hydroxyl groups is 1. The van der Waals surface area contributed by atoms with Gasteiger partial charge in [0.2, 0.25) is 0 Å². The molecule has 0 saturated carbocycles. The lowest BCUT2D eigenvalue weighted by Crippen LogP contribution is -2.23. The topological polar surface area (TPSA) is 55.5 Å². The van der Waals surface area contributed by atoms with E-state index in [9.17, 15) is 0 Å². The van der Waals surface area contributed by atoms with E-state index < -0.39 is 0 Å². The predicted molar refractivity (Wildman–Crippen MR) is 65.5 cm³/mol. The highest BCUT2D eigenvalue weighted by molar-refractivity contribution is 5.29. The maximum Gasteiger partial charge on any atom is 0.120 e. The van der Waals surface area contributed by atoms with E-state index in [0.717, 1.165) is 11.3 Å². The molecule has 1 aromatic carbocycles. The van der Waals surface area contributed by atoms with E-state index in [1.807, 2.05) is 45.0 Å². The van der Waals surface area contributed by atoms with Crippen molar-refractivity contribution < 1.29 is 9.84 Å². The molecule has 0 fully saturated rings. The standard InChI is InChI=1S/C13H21NO2/c1-13(2,3)16-11-6-4-10(5-7-11)12(14)8-9-15/h4-7,12,15H,8-9,14H2,1-3H3. The smallest absolute Gasteiger partial charge is 0.120 e. The van der Waals surface area contributed by atoms with Crippen molar-refractivity contribution in [3.05, 3.63) is 29.8 Å². The van der Waals surface area contributed by atoms with Crippen LogP contribution in [0.1, 0.15) is 38.8 Å². The van der Waals surface area contributed by atoms with E-state index in [-0.39, 0.29) is 18.2 Å². The van der Waals surface area contributed by atoms with Crippen molar-refractivity contribution in [2.75, 3.05) is 6.61 Å². The number of hydrogen-bond donors (Lipinski definition) is 2. The van der Waals surface area contributed by atoms with Crippen LogP contribution in [0, 0.1) is 0 Å². The van der Waals surface area contributed by atoms with Crippen molar-refractivity contribution in [3.8, 4) is 5.75 Å². The summed E-state index contributed by atoms with van der Waals surface area (Å²) in [6.07, 6.45) is 0.583. The summed E-state index contributed by atoms with van der Waals surface area (Å²) in [5.41, 5.74) is 6.72. The molecular formula is C13H21NO2. The van der Waals surface area contributed by atoms with Gasteiger partial charge in [0.1, 0.15) is 11.4 Å². The first-order chi connectivity index (χ1) is 7.42. The van der Waals surface area contributed by atoms with E-state index in [0.29, 0.717) is 6.42 Å². The summed E-state index contributed by atoms with van der Waals surface area (Å²) in [6.45, 7) is 6.15. The Hall–Kier alpha value is -1.06. The molecule has 16 heavy (non-hydrogen) atoms. The third kappa shape index (κ3) is 4.21. The molecule has 3 nitrogen and oxygen atoms in total. The molecule has 3 N–H and O–H groups in total. The predicted octanol–water partition coefficient (Wildman–Crippen LogP) is 2.25. The highest BCUT2D eigenvalue weighted by atomic mass is 16.5. The quantitative estimate of drug-likeness (QED) is 0.823. The van der Waals surface area contributed by atoms with Crippen LogP contribution in [0.25, 0.3) is 0 Å². The number of benzene rings is 1. The van der Waals surface area contributed by atoms with Gasteiger partial charge in [-0.2, -0.15) is 0 Å². The third-order valence-electron chi connectivity index (χ3n) is 2.17. The van der Waals surface area contributed by atoms with Gasteiger partial charge in [-0.05, 0) is 44.9 Å². The maximum atomic E-state index is 8.80. The van der Waals surface area contributed by atoms with Gasteiger partial charge in [-0.3, -0.25) is 0 Å². The van der Waals surface area contributed by atoms with Crippen LogP contribution in [-0.4, -0.2) is 17.3 Å². The zero-order valence-corrected chi connectivity index (χ0v) is 10.2. The minimum Gasteiger partial charge on any atom is -0.488 e. The highest BCUT2D eigenvalue weighted by Crippen LogP contribution is 2.21. The van der Waals surface area contributed by atoms with Gasteiger partial charge in [0.15, 0.2) is 0 Å². The fourth-order valence-corrected chi connectivity index (χ4v) is 1.44. The largest absolute Gasteiger partial charge is 0.488 e. The van der Waals surface area contributed by atoms with Crippen LogP contribution in [0.3, 0.4) is 0 Å². The fraction of sp³-hybridized carbons (Fsp3) is 0.538. The fourth-order valence-electron chi connectivity index (χ4n) is 1.44. The Morgan fingerprint density at radius 3 is 2.25 bits per heavy atom. The van der Waals surface area contributed by atoms with E-state index >= 15 is 0 Å². The van der Waals surface area contributed by atoms with E-state index in [4.69, 9.17) is 15.6 Å². The molecule has 0 amide bonds. The molecule has 0 aromatic heterocycles. The SMILES string of the molecule is CC(C)(C)Oc1ccc(C(N)CCO)cc1. The average molecular weight is 223 g/mol. The second kappa shape index (κ2) is 5.32. The van der Waals surface area contributed by atoms with Crippen LogP contribution in [0.2, 0.25) is 0 Å². The minimum atomic E-state index is -0.186. The lowest BCUT2D eigenvalue weighted by atomic mass is 10.1. The van der Waals surface area contributed by atoms with Gasteiger partial charge in [-0.15, -0.1) is 0 Å². The number of nitrogens with two attached hydrogens (primary N) is 1. The molecule has 0 spiro atoms. The molecule has 1 aromatic rings. The summed E-state index contributed by atoms with van der Waals surface area (Å²) in [4.78, 5) is 0. The van der Waals surface area contributed by atoms with Gasteiger partial charge in [0.25, 0.3) is 0 Å². The third-order valence-corrected chi connectivity index (χ3v) is 2.17. The Kier molecular flexibility index (Phi) is 4.33. The van der Waals surface area contributed by atoms with Crippen LogP contribution in [-0.2, 0) is 0 Å². The maximum absolute atomic E-state index is 8.80. The van der Waals surface area contributed by atoms with Crippen molar-refractivity contribution in [2.45, 2.75) is 38.8 Å². The molecular weight excluding hydrogens is 202 g/mol. The van der Waals surface area contributed by atoms with Crippen molar-refractivity contribution >= 4 is 0 Å². The van der Waals surface area contributed by atoms with E-state index in [2.05, 4.69) is 0 Å². The van der Waals surface area contributed by atoms with Crippen molar-refractivity contribution in [1.29, 1.82) is 0 Å². The molecule has 1 atom stereocenters. The van der Waals surface area contributed by atoms with E-state index in [1.165, 1.54) is 0 Å². The minimum absolute atomic E-state index is 0.103. The van der Waals surface area contributed by atoms with Gasteiger partial charge < -0.3 is 15.6 Å². The summed E-state index contributed by atoms with van der Waals surface area (Å²) in [7, 11) is 0. The average Bonchev–Trinajstić information content (AvgIpc) is 2.16. The number of aliphatic hydroxyl groups excluding tert-OH is 1. The normalized spacial score (nSPS) is 13.6. The monoisotopic (exact) mass is 223 g/mol. The van der Waals surface area contributed by atoms with Gasteiger partial charge in [0, 0.05) is 12.6 Å². The Labute approximate surface area is 97.2 Å². The van der Waals surface area contributed by atoms with Crippen molar-refractivity contribution in [2.24, 2.45) is 5.73 Å². The van der Waals surface area contributed by atoms with Crippen molar-refractivity contribution in [3.63, 3.8) is 0 Å². The molecule has 1 unspecified atom stereocenters. The molecule has 0 saturated heterocycles. The molecule has 0 aliphatic rings. The van der Waals surface area contributed by atoms with Gasteiger partial charge in [0.05, 0.1) is 0 Å². The Morgan fingerprint density at radius 1 is 1.25 bits per heavy atom. The first kappa shape index (κ1) is 13.0. The van der Waals surface area contributed by atoms with Crippen LogP contribution in [0.5, 0.6) is 5.75 Å². The number of rotatable bonds is 4. The number of ether oxygens (including phenoxy) is 1. The van der Waals surface area contributed by atoms with Crippen LogP contribution in [0.15, 0.2) is 24.3 Å². The molecule has 1 rings (SSSR count). The molecule has 0 aliphatic heterocycles. The molecule has 3 heteroatoms. The van der Waals surface area contributed by atoms with Crippen LogP contribution >= 0.6 is 0 Å². The van der Waals surface area contributed by atoms with Gasteiger partial charge >= 0.3 is 0 Å². The Bertz CT molecular complexity index is 314. The summed E-state index contributed by atoms with van der Waals surface area (Å²) in [5, 5.41) is 8.80. The van der Waals surface area contributed by atoms with Gasteiger partial charge in [-0.1, -0.05) is 12.1 Å².